The Bertz CT molecular complexity index is 2090. The molecule has 0 saturated heterocycles. The van der Waals surface area contributed by atoms with E-state index in [4.69, 9.17) is 9.41 Å². The van der Waals surface area contributed by atoms with Crippen molar-refractivity contribution in [2.24, 2.45) is 4.99 Å². The molecule has 0 unspecified atom stereocenters. The van der Waals surface area contributed by atoms with Crippen LogP contribution in [0.5, 0.6) is 0 Å². The minimum Gasteiger partial charge on any atom is -0.456 e. The number of halogens is 2. The van der Waals surface area contributed by atoms with Crippen molar-refractivity contribution in [2.75, 3.05) is 0 Å². The third kappa shape index (κ3) is 4.56. The van der Waals surface area contributed by atoms with Crippen LogP contribution in [-0.4, -0.2) is 9.49 Å². The molecule has 3 aromatic carbocycles. The second-order valence-electron chi connectivity index (χ2n) is 9.79. The number of hydrogen-bond acceptors (Lipinski definition) is 6. The number of hydrogen-bond donors (Lipinski definition) is 0. The molecule has 0 radical (unpaired) electrons. The summed E-state index contributed by atoms with van der Waals surface area (Å²) >= 11 is 8.13. The van der Waals surface area contributed by atoms with Crippen LogP contribution in [0.1, 0.15) is 34.9 Å². The first-order valence-corrected chi connectivity index (χ1v) is 15.2. The van der Waals surface area contributed by atoms with Gasteiger partial charge in [0.15, 0.2) is 4.80 Å². The fraction of sp³-hybridized carbons (Fsp3) is 0.0968. The number of benzene rings is 3. The van der Waals surface area contributed by atoms with Gasteiger partial charge in [0, 0.05) is 26.7 Å². The maximum Gasteiger partial charge on any atom is 0.281 e. The summed E-state index contributed by atoms with van der Waals surface area (Å²) in [5.41, 5.74) is 5.60. The predicted octanol–water partition coefficient (Wildman–Crippen LogP) is 7.01. The first-order chi connectivity index (χ1) is 19.9. The molecule has 5 aromatic rings. The number of allylic oxidation sites excluding steroid dienone is 1. The van der Waals surface area contributed by atoms with E-state index in [1.165, 1.54) is 23.0 Å². The number of nitro groups is 1. The normalized spacial score (nSPS) is 16.1. The van der Waals surface area contributed by atoms with Crippen molar-refractivity contribution < 1.29 is 9.34 Å². The number of rotatable bonds is 4. The topological polar surface area (TPSA) is 90.6 Å². The van der Waals surface area contributed by atoms with Crippen LogP contribution in [0.4, 0.5) is 5.69 Å². The van der Waals surface area contributed by atoms with Crippen molar-refractivity contribution in [1.82, 2.24) is 4.57 Å². The van der Waals surface area contributed by atoms with Crippen LogP contribution in [-0.2, 0) is 6.42 Å². The molecule has 1 atom stereocenters. The first kappa shape index (κ1) is 26.1. The van der Waals surface area contributed by atoms with E-state index in [1.807, 2.05) is 36.4 Å². The lowest BCUT2D eigenvalue weighted by Gasteiger charge is -2.30. The zero-order valence-corrected chi connectivity index (χ0v) is 25.2. The molecular weight excluding hydrogens is 670 g/mol. The standard InChI is InChI=1S/C31H19Br2N3O4S/c32-19-8-5-18(6-9-19)29-24-12-7-17-3-1-2-4-22(17)28(24)34-31-35(29)30(37)27(41-31)16-21-11-14-26(40-21)23-13-10-20(33)15-25(23)36(38)39/h1-6,8-11,13-16,29H,7,12H2/b27-16-/t29-/m1/s1. The third-order valence-corrected chi connectivity index (χ3v) is 9.39. The van der Waals surface area contributed by atoms with E-state index in [0.717, 1.165) is 39.7 Å². The summed E-state index contributed by atoms with van der Waals surface area (Å²) in [5.74, 6) is 0.778. The van der Waals surface area contributed by atoms with Gasteiger partial charge in [0.2, 0.25) is 0 Å². The summed E-state index contributed by atoms with van der Waals surface area (Å²) in [7, 11) is 0. The zero-order chi connectivity index (χ0) is 28.2. The molecule has 1 aliphatic heterocycles. The summed E-state index contributed by atoms with van der Waals surface area (Å²) < 4.78 is 9.83. The van der Waals surface area contributed by atoms with Crippen molar-refractivity contribution in [1.29, 1.82) is 0 Å². The van der Waals surface area contributed by atoms with Gasteiger partial charge in [-0.15, -0.1) is 0 Å². The maximum absolute atomic E-state index is 14.0. The van der Waals surface area contributed by atoms with Crippen molar-refractivity contribution in [3.63, 3.8) is 0 Å². The third-order valence-electron chi connectivity index (χ3n) is 7.38. The molecule has 202 valence electrons. The van der Waals surface area contributed by atoms with E-state index in [9.17, 15) is 14.9 Å². The van der Waals surface area contributed by atoms with E-state index < -0.39 is 4.92 Å². The van der Waals surface area contributed by atoms with E-state index >= 15 is 0 Å². The van der Waals surface area contributed by atoms with Gasteiger partial charge >= 0.3 is 0 Å². The van der Waals surface area contributed by atoms with E-state index in [-0.39, 0.29) is 17.3 Å². The van der Waals surface area contributed by atoms with Gasteiger partial charge in [0.25, 0.3) is 11.2 Å². The molecule has 7 rings (SSSR count). The molecule has 3 heterocycles. The van der Waals surface area contributed by atoms with Gasteiger partial charge in [-0.1, -0.05) is 79.6 Å². The van der Waals surface area contributed by atoms with E-state index in [1.54, 1.807) is 34.9 Å². The molecule has 0 bridgehead atoms. The highest BCUT2D eigenvalue weighted by Gasteiger charge is 2.32. The second-order valence-corrected chi connectivity index (χ2v) is 12.6. The first-order valence-electron chi connectivity index (χ1n) is 12.8. The Balaban J connectivity index is 1.38. The van der Waals surface area contributed by atoms with Gasteiger partial charge in [-0.05, 0) is 65.9 Å². The zero-order valence-electron chi connectivity index (χ0n) is 21.2. The minimum absolute atomic E-state index is 0.0694. The number of nitrogens with zero attached hydrogens (tertiary/aromatic N) is 3. The lowest BCUT2D eigenvalue weighted by Crippen LogP contribution is -2.38. The average Bonchev–Trinajstić information content (AvgIpc) is 3.56. The molecule has 0 spiro atoms. The Morgan fingerprint density at radius 3 is 2.56 bits per heavy atom. The number of aromatic nitrogens is 1. The van der Waals surface area contributed by atoms with Crippen LogP contribution in [0.2, 0.25) is 0 Å². The molecular formula is C31H19Br2N3O4S. The highest BCUT2D eigenvalue weighted by Crippen LogP contribution is 2.41. The molecule has 1 aliphatic carbocycles. The van der Waals surface area contributed by atoms with Gasteiger partial charge in [-0.2, -0.15) is 0 Å². The molecule has 2 aliphatic rings. The molecule has 0 amide bonds. The van der Waals surface area contributed by atoms with Crippen LogP contribution in [0.15, 0.2) is 108 Å². The van der Waals surface area contributed by atoms with Gasteiger partial charge < -0.3 is 4.42 Å². The van der Waals surface area contributed by atoms with Gasteiger partial charge in [0.05, 0.1) is 26.8 Å². The smallest absolute Gasteiger partial charge is 0.281 e. The Kier molecular flexibility index (Phi) is 6.49. The largest absolute Gasteiger partial charge is 0.456 e. The quantitative estimate of drug-likeness (QED) is 0.150. The Hall–Kier alpha value is -3.86. The van der Waals surface area contributed by atoms with Crippen LogP contribution in [0.25, 0.3) is 23.1 Å². The summed E-state index contributed by atoms with van der Waals surface area (Å²) in [6, 6.07) is 24.3. The average molecular weight is 689 g/mol. The van der Waals surface area contributed by atoms with Crippen LogP contribution < -0.4 is 14.9 Å². The number of thiazole rings is 1. The van der Waals surface area contributed by atoms with Crippen molar-refractivity contribution >= 4 is 60.7 Å². The van der Waals surface area contributed by atoms with Gasteiger partial charge in [-0.3, -0.25) is 19.5 Å². The van der Waals surface area contributed by atoms with Crippen LogP contribution in [0.3, 0.4) is 0 Å². The number of nitro benzene ring substituents is 1. The molecule has 0 N–H and O–H groups in total. The molecule has 0 saturated carbocycles. The lowest BCUT2D eigenvalue weighted by atomic mass is 9.83. The predicted molar refractivity (Wildman–Crippen MR) is 165 cm³/mol. The number of fused-ring (bicyclic) bond motifs is 3. The van der Waals surface area contributed by atoms with Crippen molar-refractivity contribution in [3.8, 4) is 11.3 Å². The Labute approximate surface area is 254 Å². The fourth-order valence-electron chi connectivity index (χ4n) is 5.54. The number of furan rings is 1. The van der Waals surface area contributed by atoms with Crippen molar-refractivity contribution in [2.45, 2.75) is 18.9 Å². The number of aryl methyl sites for hydroxylation is 1. The molecule has 41 heavy (non-hydrogen) atoms. The summed E-state index contributed by atoms with van der Waals surface area (Å²) in [6.45, 7) is 0. The summed E-state index contributed by atoms with van der Waals surface area (Å²) in [4.78, 5) is 30.8. The van der Waals surface area contributed by atoms with Gasteiger partial charge in [0.1, 0.15) is 11.5 Å². The lowest BCUT2D eigenvalue weighted by molar-refractivity contribution is -0.384. The molecule has 10 heteroatoms. The van der Waals surface area contributed by atoms with Crippen LogP contribution in [0, 0.1) is 10.1 Å². The summed E-state index contributed by atoms with van der Waals surface area (Å²) in [6.07, 6.45) is 3.39. The van der Waals surface area contributed by atoms with E-state index in [2.05, 4.69) is 44.0 Å². The Morgan fingerprint density at radius 2 is 1.76 bits per heavy atom. The molecule has 0 fully saturated rings. The summed E-state index contributed by atoms with van der Waals surface area (Å²) in [5, 5.41) is 11.6. The molecule has 2 aromatic heterocycles. The maximum atomic E-state index is 14.0. The SMILES string of the molecule is O=c1/c(=C/c2ccc(-c3ccc(Br)cc3[N+](=O)[O-])o2)sc2n1[C@H](c1ccc(Br)cc1)C1=C(N=2)c2ccccc2CC1. The van der Waals surface area contributed by atoms with E-state index in [0.29, 0.717) is 30.9 Å². The van der Waals surface area contributed by atoms with Crippen molar-refractivity contribution in [3.05, 3.63) is 146 Å². The minimum atomic E-state index is -0.442. The molecule has 7 nitrogen and oxygen atoms in total. The van der Waals surface area contributed by atoms with Gasteiger partial charge in [-0.25, -0.2) is 4.99 Å². The second kappa shape index (κ2) is 10.2. The highest BCUT2D eigenvalue weighted by atomic mass is 79.9. The van der Waals surface area contributed by atoms with Crippen LogP contribution >= 0.6 is 43.2 Å². The Morgan fingerprint density at radius 1 is 0.976 bits per heavy atom. The monoisotopic (exact) mass is 687 g/mol. The fourth-order valence-corrected chi connectivity index (χ4v) is 7.13. The highest BCUT2D eigenvalue weighted by molar-refractivity contribution is 9.10.